The van der Waals surface area contributed by atoms with E-state index in [0.29, 0.717) is 19.7 Å². The van der Waals surface area contributed by atoms with E-state index in [9.17, 15) is 9.90 Å². The summed E-state index contributed by atoms with van der Waals surface area (Å²) in [4.78, 5) is 19.0. The number of phenols is 1. The third-order valence-electron chi connectivity index (χ3n) is 5.16. The topological polar surface area (TPSA) is 80.0 Å². The summed E-state index contributed by atoms with van der Waals surface area (Å²) in [5, 5.41) is 19.1. The highest BCUT2D eigenvalue weighted by molar-refractivity contribution is 5.94. The molecule has 0 aromatic heterocycles. The number of carbonyl (C=O) groups is 1. The molecule has 0 radical (unpaired) electrons. The van der Waals surface area contributed by atoms with E-state index < -0.39 is 0 Å². The van der Waals surface area contributed by atoms with Crippen LogP contribution in [0.15, 0.2) is 48.5 Å². The molecule has 1 saturated heterocycles. The average molecular weight is 409 g/mol. The molecule has 30 heavy (non-hydrogen) atoms. The van der Waals surface area contributed by atoms with Gasteiger partial charge in [-0.15, -0.1) is 0 Å². The highest BCUT2D eigenvalue weighted by Crippen LogP contribution is 2.27. The lowest BCUT2D eigenvalue weighted by molar-refractivity contribution is -0.119. The van der Waals surface area contributed by atoms with Crippen LogP contribution >= 0.6 is 0 Å². The van der Waals surface area contributed by atoms with Gasteiger partial charge in [0, 0.05) is 38.4 Å². The normalized spacial score (nSPS) is 14.2. The zero-order valence-electron chi connectivity index (χ0n) is 17.3. The highest BCUT2D eigenvalue weighted by atomic mass is 16.5. The van der Waals surface area contributed by atoms with Gasteiger partial charge in [-0.05, 0) is 43.3 Å². The molecule has 1 fully saturated rings. The molecule has 1 N–H and O–H groups in total. The van der Waals surface area contributed by atoms with E-state index in [1.165, 1.54) is 0 Å². The second-order valence-corrected chi connectivity index (χ2v) is 7.13. The third-order valence-corrected chi connectivity index (χ3v) is 5.16. The van der Waals surface area contributed by atoms with Crippen molar-refractivity contribution in [2.75, 3.05) is 55.7 Å². The molecule has 1 aliphatic rings. The Balaban J connectivity index is 1.60. The number of hydrogen-bond acceptors (Lipinski definition) is 6. The summed E-state index contributed by atoms with van der Waals surface area (Å²) in [6.07, 6.45) is 0.278. The van der Waals surface area contributed by atoms with Gasteiger partial charge in [-0.25, -0.2) is 0 Å². The number of phenolic OH excluding ortho intramolecular Hbond substituents is 1. The zero-order valence-corrected chi connectivity index (χ0v) is 17.3. The molecule has 0 unspecified atom stereocenters. The number of anilines is 2. The smallest absolute Gasteiger partial charge is 0.241 e. The number of amides is 1. The maximum Gasteiger partial charge on any atom is 0.241 e. The maximum absolute atomic E-state index is 13.0. The van der Waals surface area contributed by atoms with Crippen molar-refractivity contribution >= 4 is 17.3 Å². The lowest BCUT2D eigenvalue weighted by Gasteiger charge is -2.36. The monoisotopic (exact) mass is 408 g/mol. The van der Waals surface area contributed by atoms with Crippen LogP contribution < -0.4 is 14.5 Å². The first kappa shape index (κ1) is 21.5. The number of aromatic hydroxyl groups is 1. The van der Waals surface area contributed by atoms with Crippen molar-refractivity contribution in [3.63, 3.8) is 0 Å². The Bertz CT molecular complexity index is 871. The van der Waals surface area contributed by atoms with Crippen molar-refractivity contribution in [3.8, 4) is 17.6 Å². The third kappa shape index (κ3) is 5.43. The summed E-state index contributed by atoms with van der Waals surface area (Å²) in [5.74, 6) is 1.01. The van der Waals surface area contributed by atoms with Gasteiger partial charge in [0.25, 0.3) is 0 Å². The SMILES string of the molecule is CCOc1ccc(N(CCC#N)C(=O)CN2CCN(c3ccccc3O)CC2)cc1. The van der Waals surface area contributed by atoms with Crippen LogP contribution in [-0.2, 0) is 4.79 Å². The molecule has 2 aromatic carbocycles. The minimum atomic E-state index is -0.0228. The van der Waals surface area contributed by atoms with Crippen LogP contribution in [0.25, 0.3) is 0 Å². The molecule has 1 amide bonds. The fourth-order valence-electron chi connectivity index (χ4n) is 3.60. The van der Waals surface area contributed by atoms with E-state index in [1.807, 2.05) is 49.4 Å². The number of carbonyl (C=O) groups excluding carboxylic acids is 1. The summed E-state index contributed by atoms with van der Waals surface area (Å²) in [5.41, 5.74) is 1.60. The molecular formula is C23H28N4O3. The number of rotatable bonds is 8. The van der Waals surface area contributed by atoms with Crippen molar-refractivity contribution in [2.24, 2.45) is 0 Å². The number of para-hydroxylation sites is 2. The number of nitrogens with zero attached hydrogens (tertiary/aromatic N) is 4. The molecule has 7 nitrogen and oxygen atoms in total. The van der Waals surface area contributed by atoms with Crippen molar-refractivity contribution in [1.29, 1.82) is 5.26 Å². The number of ether oxygens (including phenoxy) is 1. The summed E-state index contributed by atoms with van der Waals surface area (Å²) >= 11 is 0. The van der Waals surface area contributed by atoms with Crippen LogP contribution in [0.5, 0.6) is 11.5 Å². The van der Waals surface area contributed by atoms with Gasteiger partial charge in [0.2, 0.25) is 5.91 Å². The second kappa shape index (κ2) is 10.5. The van der Waals surface area contributed by atoms with Crippen LogP contribution in [-0.4, -0.2) is 61.8 Å². The van der Waals surface area contributed by atoms with Crippen LogP contribution in [0.4, 0.5) is 11.4 Å². The Kier molecular flexibility index (Phi) is 7.52. The quantitative estimate of drug-likeness (QED) is 0.724. The van der Waals surface area contributed by atoms with Gasteiger partial charge in [0.1, 0.15) is 11.5 Å². The lowest BCUT2D eigenvalue weighted by Crippen LogP contribution is -2.50. The van der Waals surface area contributed by atoms with Crippen LogP contribution in [0.2, 0.25) is 0 Å². The predicted octanol–water partition coefficient (Wildman–Crippen LogP) is 2.86. The zero-order chi connectivity index (χ0) is 21.3. The fraction of sp³-hybridized carbons (Fsp3) is 0.391. The maximum atomic E-state index is 13.0. The summed E-state index contributed by atoms with van der Waals surface area (Å²) < 4.78 is 5.47. The molecule has 3 rings (SSSR count). The number of benzene rings is 2. The Morgan fingerprint density at radius 2 is 1.83 bits per heavy atom. The number of hydrogen-bond donors (Lipinski definition) is 1. The molecule has 2 aromatic rings. The first-order valence-corrected chi connectivity index (χ1v) is 10.3. The van der Waals surface area contributed by atoms with E-state index >= 15 is 0 Å². The first-order chi connectivity index (χ1) is 14.6. The average Bonchev–Trinajstić information content (AvgIpc) is 2.76. The summed E-state index contributed by atoms with van der Waals surface area (Å²) in [6, 6.07) is 16.8. The molecule has 7 heteroatoms. The van der Waals surface area contributed by atoms with Crippen molar-refractivity contribution < 1.29 is 14.6 Å². The van der Waals surface area contributed by atoms with Crippen LogP contribution in [0, 0.1) is 11.3 Å². The second-order valence-electron chi connectivity index (χ2n) is 7.13. The van der Waals surface area contributed by atoms with Gasteiger partial charge >= 0.3 is 0 Å². The molecule has 0 aliphatic carbocycles. The number of piperazine rings is 1. The molecular weight excluding hydrogens is 380 g/mol. The molecule has 1 heterocycles. The van der Waals surface area contributed by atoms with Gasteiger partial charge < -0.3 is 19.6 Å². The summed E-state index contributed by atoms with van der Waals surface area (Å²) in [7, 11) is 0. The Morgan fingerprint density at radius 1 is 1.13 bits per heavy atom. The van der Waals surface area contributed by atoms with E-state index in [1.54, 1.807) is 11.0 Å². The van der Waals surface area contributed by atoms with Gasteiger partial charge in [0.15, 0.2) is 0 Å². The van der Waals surface area contributed by atoms with Gasteiger partial charge in [-0.1, -0.05) is 12.1 Å². The Labute approximate surface area is 177 Å². The molecule has 0 bridgehead atoms. The predicted molar refractivity (Wildman–Crippen MR) is 117 cm³/mol. The lowest BCUT2D eigenvalue weighted by atomic mass is 10.2. The number of nitriles is 1. The molecule has 0 atom stereocenters. The Hall–Kier alpha value is -3.24. The largest absolute Gasteiger partial charge is 0.506 e. The minimum Gasteiger partial charge on any atom is -0.506 e. The highest BCUT2D eigenvalue weighted by Gasteiger charge is 2.23. The van der Waals surface area contributed by atoms with E-state index in [4.69, 9.17) is 10.00 Å². The van der Waals surface area contributed by atoms with Gasteiger partial charge in [0.05, 0.1) is 31.3 Å². The molecule has 0 saturated carbocycles. The summed E-state index contributed by atoms with van der Waals surface area (Å²) in [6.45, 7) is 6.12. The van der Waals surface area contributed by atoms with Gasteiger partial charge in [-0.3, -0.25) is 9.69 Å². The fourth-order valence-corrected chi connectivity index (χ4v) is 3.60. The van der Waals surface area contributed by atoms with Crippen molar-refractivity contribution in [2.45, 2.75) is 13.3 Å². The van der Waals surface area contributed by atoms with Crippen LogP contribution in [0.1, 0.15) is 13.3 Å². The molecule has 158 valence electrons. The first-order valence-electron chi connectivity index (χ1n) is 10.3. The van der Waals surface area contributed by atoms with E-state index in [2.05, 4.69) is 15.9 Å². The molecule has 0 spiro atoms. The van der Waals surface area contributed by atoms with Crippen LogP contribution in [0.3, 0.4) is 0 Å². The molecule has 1 aliphatic heterocycles. The minimum absolute atomic E-state index is 0.0228. The van der Waals surface area contributed by atoms with E-state index in [0.717, 1.165) is 43.3 Å². The Morgan fingerprint density at radius 3 is 2.47 bits per heavy atom. The van der Waals surface area contributed by atoms with Crippen molar-refractivity contribution in [1.82, 2.24) is 4.90 Å². The van der Waals surface area contributed by atoms with Crippen molar-refractivity contribution in [3.05, 3.63) is 48.5 Å². The standard InChI is InChI=1S/C23H28N4O3/c1-2-30-20-10-8-19(9-11-20)27(13-5-12-24)23(29)18-25-14-16-26(17-15-25)21-6-3-4-7-22(21)28/h3-4,6-11,28H,2,5,13-18H2,1H3. The van der Waals surface area contributed by atoms with Gasteiger partial charge in [-0.2, -0.15) is 5.26 Å². The van der Waals surface area contributed by atoms with E-state index in [-0.39, 0.29) is 18.1 Å².